The predicted molar refractivity (Wildman–Crippen MR) is 73.2 cm³/mol. The first-order valence-electron chi connectivity index (χ1n) is 6.44. The lowest BCUT2D eigenvalue weighted by Gasteiger charge is -2.35. The Morgan fingerprint density at radius 2 is 2.00 bits per heavy atom. The molecule has 2 aliphatic rings. The molecule has 0 unspecified atom stereocenters. The van der Waals surface area contributed by atoms with Gasteiger partial charge in [-0.1, -0.05) is 11.6 Å². The quantitative estimate of drug-likeness (QED) is 0.777. The number of piperidine rings is 1. The molecule has 0 radical (unpaired) electrons. The van der Waals surface area contributed by atoms with Gasteiger partial charge >= 0.3 is 0 Å². The van der Waals surface area contributed by atoms with Gasteiger partial charge in [-0.25, -0.2) is 0 Å². The van der Waals surface area contributed by atoms with E-state index in [2.05, 4.69) is 11.9 Å². The van der Waals surface area contributed by atoms with Crippen LogP contribution in [0.1, 0.15) is 18.4 Å². The summed E-state index contributed by atoms with van der Waals surface area (Å²) in [4.78, 5) is 16.5. The van der Waals surface area contributed by atoms with Gasteiger partial charge in [-0.15, -0.1) is 0 Å². The fourth-order valence-corrected chi connectivity index (χ4v) is 3.16. The van der Waals surface area contributed by atoms with Crippen LogP contribution in [0, 0.1) is 0 Å². The minimum Gasteiger partial charge on any atom is -0.309 e. The fraction of sp³-hybridized carbons (Fsp3) is 0.500. The van der Waals surface area contributed by atoms with E-state index in [4.69, 9.17) is 11.6 Å². The predicted octanol–water partition coefficient (Wildman–Crippen LogP) is 2.32. The van der Waals surface area contributed by atoms with Crippen LogP contribution < -0.4 is 4.90 Å². The van der Waals surface area contributed by atoms with Crippen LogP contribution in [0.4, 0.5) is 5.69 Å². The van der Waals surface area contributed by atoms with Gasteiger partial charge in [0.05, 0.1) is 6.42 Å². The zero-order chi connectivity index (χ0) is 12.7. The number of fused-ring (bicyclic) bond motifs is 1. The van der Waals surface area contributed by atoms with Crippen LogP contribution >= 0.6 is 11.6 Å². The molecule has 0 aromatic heterocycles. The molecule has 3 nitrogen and oxygen atoms in total. The summed E-state index contributed by atoms with van der Waals surface area (Å²) in [6.45, 7) is 2.13. The molecule has 0 spiro atoms. The molecule has 3 rings (SSSR count). The molecule has 0 atom stereocenters. The van der Waals surface area contributed by atoms with Crippen LogP contribution in [0.25, 0.3) is 0 Å². The van der Waals surface area contributed by atoms with Crippen molar-refractivity contribution >= 4 is 23.2 Å². The summed E-state index contributed by atoms with van der Waals surface area (Å²) in [5.41, 5.74) is 2.14. The molecule has 0 N–H and O–H groups in total. The zero-order valence-electron chi connectivity index (χ0n) is 10.5. The summed E-state index contributed by atoms with van der Waals surface area (Å²) in [5.74, 6) is 0.224. The van der Waals surface area contributed by atoms with Crippen molar-refractivity contribution in [2.24, 2.45) is 0 Å². The summed E-state index contributed by atoms with van der Waals surface area (Å²) in [6.07, 6.45) is 2.62. The third-order valence-corrected chi connectivity index (χ3v) is 4.20. The normalized spacial score (nSPS) is 21.4. The maximum absolute atomic E-state index is 12.2. The van der Waals surface area contributed by atoms with E-state index in [-0.39, 0.29) is 5.91 Å². The molecular formula is C14H17ClN2O. The van der Waals surface area contributed by atoms with Gasteiger partial charge in [0.15, 0.2) is 0 Å². The molecule has 0 aliphatic carbocycles. The SMILES string of the molecule is CN1CCC(N2C(=O)Cc3cc(Cl)ccc32)CC1. The Kier molecular flexibility index (Phi) is 3.04. The number of rotatable bonds is 1. The van der Waals surface area contributed by atoms with Gasteiger partial charge < -0.3 is 9.80 Å². The lowest BCUT2D eigenvalue weighted by molar-refractivity contribution is -0.118. The standard InChI is InChI=1S/C14H17ClN2O/c1-16-6-4-12(5-7-16)17-13-3-2-11(15)8-10(13)9-14(17)18/h2-3,8,12H,4-7,9H2,1H3. The van der Waals surface area contributed by atoms with E-state index in [1.54, 1.807) is 0 Å². The van der Waals surface area contributed by atoms with E-state index in [1.165, 1.54) is 0 Å². The first-order chi connectivity index (χ1) is 8.65. The molecule has 18 heavy (non-hydrogen) atoms. The Morgan fingerprint density at radius 3 is 2.72 bits per heavy atom. The highest BCUT2D eigenvalue weighted by Crippen LogP contribution is 2.34. The molecular weight excluding hydrogens is 248 g/mol. The van der Waals surface area contributed by atoms with Crippen LogP contribution in [0.15, 0.2) is 18.2 Å². The Balaban J connectivity index is 1.87. The number of hydrogen-bond acceptors (Lipinski definition) is 2. The molecule has 1 saturated heterocycles. The molecule has 96 valence electrons. The van der Waals surface area contributed by atoms with Crippen molar-refractivity contribution in [3.63, 3.8) is 0 Å². The van der Waals surface area contributed by atoms with Gasteiger partial charge in [-0.3, -0.25) is 4.79 Å². The van der Waals surface area contributed by atoms with Crippen molar-refractivity contribution in [3.8, 4) is 0 Å². The van der Waals surface area contributed by atoms with Crippen molar-refractivity contribution in [1.82, 2.24) is 4.90 Å². The fourth-order valence-electron chi connectivity index (χ4n) is 2.97. The van der Waals surface area contributed by atoms with Crippen molar-refractivity contribution in [2.45, 2.75) is 25.3 Å². The molecule has 0 saturated carbocycles. The highest BCUT2D eigenvalue weighted by molar-refractivity contribution is 6.30. The largest absolute Gasteiger partial charge is 0.309 e. The summed E-state index contributed by atoms with van der Waals surface area (Å²) in [6, 6.07) is 6.14. The second-order valence-electron chi connectivity index (χ2n) is 5.25. The Bertz CT molecular complexity index is 481. The summed E-state index contributed by atoms with van der Waals surface area (Å²) < 4.78 is 0. The minimum atomic E-state index is 0.224. The number of carbonyl (C=O) groups excluding carboxylic acids is 1. The van der Waals surface area contributed by atoms with Gasteiger partial charge in [-0.2, -0.15) is 0 Å². The van der Waals surface area contributed by atoms with Crippen LogP contribution in [0.5, 0.6) is 0 Å². The van der Waals surface area contributed by atoms with Crippen molar-refractivity contribution < 1.29 is 4.79 Å². The Labute approximate surface area is 112 Å². The van der Waals surface area contributed by atoms with Crippen molar-refractivity contribution in [3.05, 3.63) is 28.8 Å². The smallest absolute Gasteiger partial charge is 0.231 e. The van der Waals surface area contributed by atoms with Gasteiger partial charge in [-0.05, 0) is 56.7 Å². The van der Waals surface area contributed by atoms with Crippen LogP contribution in [0.2, 0.25) is 5.02 Å². The van der Waals surface area contributed by atoms with Crippen molar-refractivity contribution in [2.75, 3.05) is 25.0 Å². The van der Waals surface area contributed by atoms with Crippen LogP contribution in [-0.2, 0) is 11.2 Å². The van der Waals surface area contributed by atoms with E-state index in [9.17, 15) is 4.79 Å². The first-order valence-corrected chi connectivity index (χ1v) is 6.82. The van der Waals surface area contributed by atoms with E-state index in [0.717, 1.165) is 37.2 Å². The highest BCUT2D eigenvalue weighted by atomic mass is 35.5. The summed E-state index contributed by atoms with van der Waals surface area (Å²) in [7, 11) is 2.13. The number of benzene rings is 1. The maximum atomic E-state index is 12.2. The Hall–Kier alpha value is -1.06. The number of anilines is 1. The van der Waals surface area contributed by atoms with Gasteiger partial charge in [0.1, 0.15) is 0 Å². The lowest BCUT2D eigenvalue weighted by atomic mass is 10.0. The second-order valence-corrected chi connectivity index (χ2v) is 5.68. The number of amides is 1. The van der Waals surface area contributed by atoms with Crippen LogP contribution in [-0.4, -0.2) is 37.0 Å². The lowest BCUT2D eigenvalue weighted by Crippen LogP contribution is -2.45. The number of halogens is 1. The van der Waals surface area contributed by atoms with E-state index in [0.29, 0.717) is 17.5 Å². The number of carbonyl (C=O) groups is 1. The molecule has 2 aliphatic heterocycles. The third kappa shape index (κ3) is 2.02. The monoisotopic (exact) mass is 264 g/mol. The van der Waals surface area contributed by atoms with Gasteiger partial charge in [0.25, 0.3) is 0 Å². The summed E-state index contributed by atoms with van der Waals surface area (Å²) in [5, 5.41) is 0.715. The minimum absolute atomic E-state index is 0.224. The van der Waals surface area contributed by atoms with E-state index in [1.807, 2.05) is 23.1 Å². The highest BCUT2D eigenvalue weighted by Gasteiger charge is 2.34. The number of likely N-dealkylation sites (tertiary alicyclic amines) is 1. The average molecular weight is 265 g/mol. The van der Waals surface area contributed by atoms with Crippen LogP contribution in [0.3, 0.4) is 0 Å². The average Bonchev–Trinajstić information content (AvgIpc) is 2.65. The Morgan fingerprint density at radius 1 is 1.28 bits per heavy atom. The molecule has 1 aromatic rings. The zero-order valence-corrected chi connectivity index (χ0v) is 11.3. The van der Waals surface area contributed by atoms with Crippen molar-refractivity contribution in [1.29, 1.82) is 0 Å². The number of hydrogen-bond donors (Lipinski definition) is 0. The van der Waals surface area contributed by atoms with Gasteiger partial charge in [0.2, 0.25) is 5.91 Å². The second kappa shape index (κ2) is 4.56. The van der Waals surface area contributed by atoms with Gasteiger partial charge in [0, 0.05) is 16.8 Å². The molecule has 1 aromatic carbocycles. The maximum Gasteiger partial charge on any atom is 0.231 e. The molecule has 4 heteroatoms. The number of nitrogens with zero attached hydrogens (tertiary/aromatic N) is 2. The molecule has 1 fully saturated rings. The third-order valence-electron chi connectivity index (χ3n) is 3.96. The molecule has 2 heterocycles. The topological polar surface area (TPSA) is 23.6 Å². The molecule has 0 bridgehead atoms. The summed E-state index contributed by atoms with van der Waals surface area (Å²) >= 11 is 5.99. The molecule has 1 amide bonds. The van der Waals surface area contributed by atoms with E-state index >= 15 is 0 Å². The first kappa shape index (κ1) is 12.0. The van der Waals surface area contributed by atoms with E-state index < -0.39 is 0 Å².